The summed E-state index contributed by atoms with van der Waals surface area (Å²) in [5.74, 6) is -4.05. The molecule has 0 heterocycles. The van der Waals surface area contributed by atoms with Crippen molar-refractivity contribution in [1.82, 2.24) is 0 Å². The average molecular weight is 608 g/mol. The first-order chi connectivity index (χ1) is 20.9. The standard InChI is InChI=1S/C35H45NO8/c1-23(2)43-33(38)26(6)31(35(40)44-24(3)4)21-25(5)32(37)41-19-9-7-8-10-20-42-34(39)30-17-15-29(16-18-30)28-13-11-27(22-36)12-14-28/h11-18,23-26,31H,7-10,19-21H2,1-6H3. The molecule has 0 amide bonds. The number of benzene rings is 2. The molecular weight excluding hydrogens is 562 g/mol. The zero-order valence-electron chi connectivity index (χ0n) is 26.7. The van der Waals surface area contributed by atoms with Crippen molar-refractivity contribution in [3.63, 3.8) is 0 Å². The Morgan fingerprint density at radius 1 is 0.659 bits per heavy atom. The Kier molecular flexibility index (Phi) is 15.1. The summed E-state index contributed by atoms with van der Waals surface area (Å²) in [5, 5.41) is 8.94. The van der Waals surface area contributed by atoms with E-state index in [4.69, 9.17) is 24.2 Å². The van der Waals surface area contributed by atoms with E-state index in [-0.39, 0.29) is 31.2 Å². The number of nitriles is 1. The molecule has 9 nitrogen and oxygen atoms in total. The van der Waals surface area contributed by atoms with E-state index in [9.17, 15) is 19.2 Å². The summed E-state index contributed by atoms with van der Waals surface area (Å²) in [4.78, 5) is 50.2. The predicted octanol–water partition coefficient (Wildman–Crippen LogP) is 6.67. The monoisotopic (exact) mass is 607 g/mol. The maximum Gasteiger partial charge on any atom is 0.338 e. The molecule has 2 rings (SSSR count). The molecule has 0 aromatic heterocycles. The van der Waals surface area contributed by atoms with Crippen molar-refractivity contribution >= 4 is 23.9 Å². The van der Waals surface area contributed by atoms with Gasteiger partial charge in [0.15, 0.2) is 0 Å². The number of hydrogen-bond acceptors (Lipinski definition) is 9. The van der Waals surface area contributed by atoms with Gasteiger partial charge in [-0.05, 0) is 95.2 Å². The van der Waals surface area contributed by atoms with Crippen molar-refractivity contribution in [2.24, 2.45) is 17.8 Å². The minimum Gasteiger partial charge on any atom is -0.465 e. The minimum atomic E-state index is -0.825. The first kappa shape index (κ1) is 36.0. The minimum absolute atomic E-state index is 0.113. The van der Waals surface area contributed by atoms with E-state index in [1.54, 1.807) is 65.8 Å². The first-order valence-electron chi connectivity index (χ1n) is 15.3. The van der Waals surface area contributed by atoms with Crippen LogP contribution >= 0.6 is 0 Å². The highest BCUT2D eigenvalue weighted by Gasteiger charge is 2.36. The van der Waals surface area contributed by atoms with Crippen LogP contribution in [0.5, 0.6) is 0 Å². The molecule has 0 saturated carbocycles. The van der Waals surface area contributed by atoms with Crippen LogP contribution in [-0.2, 0) is 33.3 Å². The van der Waals surface area contributed by atoms with Gasteiger partial charge in [0, 0.05) is 0 Å². The Labute approximate surface area is 260 Å². The third kappa shape index (κ3) is 12.2. The van der Waals surface area contributed by atoms with E-state index in [2.05, 4.69) is 6.07 Å². The molecule has 2 aromatic rings. The zero-order chi connectivity index (χ0) is 32.6. The normalized spacial score (nSPS) is 13.0. The first-order valence-corrected chi connectivity index (χ1v) is 15.3. The second-order valence-electron chi connectivity index (χ2n) is 11.5. The fraction of sp³-hybridized carbons (Fsp3) is 0.514. The second kappa shape index (κ2) is 18.5. The molecule has 0 bridgehead atoms. The van der Waals surface area contributed by atoms with Gasteiger partial charge in [-0.2, -0.15) is 5.26 Å². The van der Waals surface area contributed by atoms with Gasteiger partial charge in [0.2, 0.25) is 0 Å². The molecule has 238 valence electrons. The Morgan fingerprint density at radius 2 is 1.16 bits per heavy atom. The molecule has 3 unspecified atom stereocenters. The molecule has 0 fully saturated rings. The third-order valence-corrected chi connectivity index (χ3v) is 6.98. The molecule has 0 aliphatic rings. The smallest absolute Gasteiger partial charge is 0.338 e. The molecular formula is C35H45NO8. The van der Waals surface area contributed by atoms with Gasteiger partial charge in [0.1, 0.15) is 0 Å². The number of carbonyl (C=O) groups is 4. The van der Waals surface area contributed by atoms with E-state index < -0.39 is 35.7 Å². The number of nitrogens with zero attached hydrogens (tertiary/aromatic N) is 1. The van der Waals surface area contributed by atoms with Crippen molar-refractivity contribution in [3.8, 4) is 17.2 Å². The summed E-state index contributed by atoms with van der Waals surface area (Å²) in [5.41, 5.74) is 2.95. The van der Waals surface area contributed by atoms with Crippen LogP contribution < -0.4 is 0 Å². The quantitative estimate of drug-likeness (QED) is 0.110. The van der Waals surface area contributed by atoms with Crippen LogP contribution in [0.4, 0.5) is 0 Å². The molecule has 0 spiro atoms. The summed E-state index contributed by atoms with van der Waals surface area (Å²) in [6, 6.07) is 16.5. The second-order valence-corrected chi connectivity index (χ2v) is 11.5. The lowest BCUT2D eigenvalue weighted by Gasteiger charge is -2.25. The number of esters is 4. The summed E-state index contributed by atoms with van der Waals surface area (Å²) in [6.45, 7) is 10.7. The maximum absolute atomic E-state index is 12.7. The number of hydrogen-bond donors (Lipinski definition) is 0. The number of unbranched alkanes of at least 4 members (excludes halogenated alkanes) is 3. The molecule has 9 heteroatoms. The predicted molar refractivity (Wildman–Crippen MR) is 165 cm³/mol. The average Bonchev–Trinajstić information content (AvgIpc) is 2.99. The van der Waals surface area contributed by atoms with Crippen LogP contribution in [0.1, 0.15) is 89.6 Å². The van der Waals surface area contributed by atoms with Gasteiger partial charge in [0.05, 0.1) is 60.4 Å². The van der Waals surface area contributed by atoms with Gasteiger partial charge in [-0.15, -0.1) is 0 Å². The number of carbonyl (C=O) groups excluding carboxylic acids is 4. The highest BCUT2D eigenvalue weighted by molar-refractivity contribution is 5.90. The number of rotatable bonds is 17. The Hall–Kier alpha value is -4.19. The number of ether oxygens (including phenoxy) is 4. The largest absolute Gasteiger partial charge is 0.465 e. The van der Waals surface area contributed by atoms with E-state index >= 15 is 0 Å². The van der Waals surface area contributed by atoms with Crippen molar-refractivity contribution in [2.45, 2.75) is 85.9 Å². The zero-order valence-corrected chi connectivity index (χ0v) is 26.7. The topological polar surface area (TPSA) is 129 Å². The van der Waals surface area contributed by atoms with Crippen LogP contribution in [0.25, 0.3) is 11.1 Å². The van der Waals surface area contributed by atoms with Crippen molar-refractivity contribution < 1.29 is 38.1 Å². The van der Waals surface area contributed by atoms with Gasteiger partial charge in [-0.1, -0.05) is 38.1 Å². The van der Waals surface area contributed by atoms with Crippen LogP contribution in [0.3, 0.4) is 0 Å². The van der Waals surface area contributed by atoms with E-state index in [0.717, 1.165) is 24.0 Å². The van der Waals surface area contributed by atoms with Gasteiger partial charge >= 0.3 is 23.9 Å². The molecule has 0 radical (unpaired) electrons. The lowest BCUT2D eigenvalue weighted by molar-refractivity contribution is -0.166. The molecule has 0 aliphatic carbocycles. The van der Waals surface area contributed by atoms with Gasteiger partial charge < -0.3 is 18.9 Å². The summed E-state index contributed by atoms with van der Waals surface area (Å²) in [7, 11) is 0. The van der Waals surface area contributed by atoms with Crippen LogP contribution in [0, 0.1) is 29.1 Å². The molecule has 3 atom stereocenters. The van der Waals surface area contributed by atoms with Gasteiger partial charge in [-0.3, -0.25) is 14.4 Å². The van der Waals surface area contributed by atoms with Crippen LogP contribution in [0.2, 0.25) is 0 Å². The summed E-state index contributed by atoms with van der Waals surface area (Å²) in [6.07, 6.45) is 2.37. The summed E-state index contributed by atoms with van der Waals surface area (Å²) < 4.78 is 21.4. The lowest BCUT2D eigenvalue weighted by atomic mass is 9.85. The highest BCUT2D eigenvalue weighted by Crippen LogP contribution is 2.26. The molecule has 44 heavy (non-hydrogen) atoms. The molecule has 0 saturated heterocycles. The van der Waals surface area contributed by atoms with Crippen molar-refractivity contribution in [3.05, 3.63) is 59.7 Å². The van der Waals surface area contributed by atoms with E-state index in [0.29, 0.717) is 30.6 Å². The van der Waals surface area contributed by atoms with Gasteiger partial charge in [-0.25, -0.2) is 4.79 Å². The van der Waals surface area contributed by atoms with Crippen molar-refractivity contribution in [2.75, 3.05) is 13.2 Å². The lowest BCUT2D eigenvalue weighted by Crippen LogP contribution is -2.35. The fourth-order valence-corrected chi connectivity index (χ4v) is 4.46. The summed E-state index contributed by atoms with van der Waals surface area (Å²) >= 11 is 0. The van der Waals surface area contributed by atoms with Crippen molar-refractivity contribution in [1.29, 1.82) is 5.26 Å². The molecule has 0 N–H and O–H groups in total. The maximum atomic E-state index is 12.7. The molecule has 2 aromatic carbocycles. The third-order valence-electron chi connectivity index (χ3n) is 6.98. The highest BCUT2D eigenvalue weighted by atomic mass is 16.6. The van der Waals surface area contributed by atoms with Gasteiger partial charge in [0.25, 0.3) is 0 Å². The van der Waals surface area contributed by atoms with E-state index in [1.165, 1.54) is 0 Å². The Bertz CT molecular complexity index is 1260. The molecule has 0 aliphatic heterocycles. The SMILES string of the molecule is CC(C)OC(=O)C(C)C(CC(C)C(=O)OCCCCCCOC(=O)c1ccc(-c2ccc(C#N)cc2)cc1)C(=O)OC(C)C. The van der Waals surface area contributed by atoms with E-state index in [1.807, 2.05) is 24.3 Å². The Balaban J connectivity index is 1.69. The van der Waals surface area contributed by atoms with Crippen LogP contribution in [-0.4, -0.2) is 49.3 Å². The van der Waals surface area contributed by atoms with Crippen LogP contribution in [0.15, 0.2) is 48.5 Å². The Morgan fingerprint density at radius 3 is 1.68 bits per heavy atom. The fourth-order valence-electron chi connectivity index (χ4n) is 4.46.